The van der Waals surface area contributed by atoms with E-state index in [1.54, 1.807) is 32.4 Å². The number of methoxy groups -OCH3 is 2. The lowest BCUT2D eigenvalue weighted by Crippen LogP contribution is -2.24. The van der Waals surface area contributed by atoms with Gasteiger partial charge in [0.05, 0.1) is 25.3 Å². The summed E-state index contributed by atoms with van der Waals surface area (Å²) in [5, 5.41) is 5.55. The molecule has 194 valence electrons. The number of hydrogen-bond donors (Lipinski definition) is 1. The van der Waals surface area contributed by atoms with Crippen LogP contribution in [0.4, 0.5) is 0 Å². The van der Waals surface area contributed by atoms with E-state index >= 15 is 0 Å². The zero-order valence-corrected chi connectivity index (χ0v) is 21.9. The van der Waals surface area contributed by atoms with Gasteiger partial charge in [0, 0.05) is 25.1 Å². The Hall–Kier alpha value is -4.32. The number of ether oxygens (including phenoxy) is 2. The van der Waals surface area contributed by atoms with E-state index in [1.165, 1.54) is 16.3 Å². The largest absolute Gasteiger partial charge is 0.493 e. The normalized spacial score (nSPS) is 11.1. The van der Waals surface area contributed by atoms with E-state index in [0.29, 0.717) is 23.6 Å². The fourth-order valence-electron chi connectivity index (χ4n) is 4.96. The van der Waals surface area contributed by atoms with Crippen LogP contribution in [0, 0.1) is 0 Å². The summed E-state index contributed by atoms with van der Waals surface area (Å²) < 4.78 is 12.9. The Morgan fingerprint density at radius 3 is 2.50 bits per heavy atom. The molecule has 0 radical (unpaired) electrons. The molecule has 0 unspecified atom stereocenters. The third kappa shape index (κ3) is 5.49. The third-order valence-corrected chi connectivity index (χ3v) is 6.95. The summed E-state index contributed by atoms with van der Waals surface area (Å²) >= 11 is 0. The van der Waals surface area contributed by atoms with Gasteiger partial charge in [0.25, 0.3) is 5.91 Å². The Bertz CT molecular complexity index is 1550. The molecule has 1 aromatic heterocycles. The minimum absolute atomic E-state index is 0.108. The first-order chi connectivity index (χ1) is 18.7. The van der Waals surface area contributed by atoms with Gasteiger partial charge in [0.1, 0.15) is 5.82 Å². The van der Waals surface area contributed by atoms with Crippen LogP contribution in [0.2, 0.25) is 0 Å². The van der Waals surface area contributed by atoms with E-state index < -0.39 is 0 Å². The highest BCUT2D eigenvalue weighted by molar-refractivity contribution is 5.94. The Kier molecular flexibility index (Phi) is 7.88. The maximum atomic E-state index is 12.6. The highest BCUT2D eigenvalue weighted by atomic mass is 16.5. The molecule has 5 rings (SSSR count). The molecule has 5 aromatic rings. The molecule has 0 aliphatic rings. The third-order valence-electron chi connectivity index (χ3n) is 6.95. The number of aromatic nitrogens is 2. The smallest absolute Gasteiger partial charge is 0.251 e. The number of aryl methyl sites for hydroxylation is 1. The second-order valence-corrected chi connectivity index (χ2v) is 9.38. The molecular formula is C32H33N3O3. The molecule has 1 amide bonds. The number of fused-ring (bicyclic) bond motifs is 2. The van der Waals surface area contributed by atoms with Crippen molar-refractivity contribution >= 4 is 27.7 Å². The lowest BCUT2D eigenvalue weighted by molar-refractivity contribution is 0.0952. The van der Waals surface area contributed by atoms with Crippen LogP contribution in [-0.2, 0) is 13.0 Å². The van der Waals surface area contributed by atoms with Crippen LogP contribution in [0.15, 0.2) is 84.9 Å². The minimum Gasteiger partial charge on any atom is -0.493 e. The average molecular weight is 508 g/mol. The Balaban J connectivity index is 1.20. The summed E-state index contributed by atoms with van der Waals surface area (Å²) in [5.41, 5.74) is 4.05. The summed E-state index contributed by atoms with van der Waals surface area (Å²) in [6.07, 6.45) is 3.81. The van der Waals surface area contributed by atoms with Crippen molar-refractivity contribution in [2.24, 2.45) is 0 Å². The summed E-state index contributed by atoms with van der Waals surface area (Å²) in [6, 6.07) is 28.6. The number of hydrogen-bond acceptors (Lipinski definition) is 4. The van der Waals surface area contributed by atoms with Crippen molar-refractivity contribution < 1.29 is 14.3 Å². The van der Waals surface area contributed by atoms with Crippen molar-refractivity contribution in [3.63, 3.8) is 0 Å². The van der Waals surface area contributed by atoms with E-state index in [4.69, 9.17) is 14.5 Å². The van der Waals surface area contributed by atoms with E-state index in [9.17, 15) is 4.79 Å². The summed E-state index contributed by atoms with van der Waals surface area (Å²) in [5.74, 6) is 2.15. The van der Waals surface area contributed by atoms with Gasteiger partial charge in [-0.15, -0.1) is 0 Å². The molecule has 0 atom stereocenters. The van der Waals surface area contributed by atoms with E-state index in [2.05, 4.69) is 70.5 Å². The fraction of sp³-hybridized carbons (Fsp3) is 0.250. The Labute approximate surface area is 223 Å². The van der Waals surface area contributed by atoms with Crippen LogP contribution in [-0.4, -0.2) is 36.2 Å². The van der Waals surface area contributed by atoms with Crippen LogP contribution in [0.3, 0.4) is 0 Å². The number of carbonyl (C=O) groups excluding carboxylic acids is 1. The van der Waals surface area contributed by atoms with Gasteiger partial charge in [0.15, 0.2) is 11.5 Å². The molecule has 1 heterocycles. The topological polar surface area (TPSA) is 65.4 Å². The second-order valence-electron chi connectivity index (χ2n) is 9.38. The number of imidazole rings is 1. The number of nitrogens with zero attached hydrogens (tertiary/aromatic N) is 2. The zero-order valence-electron chi connectivity index (χ0n) is 21.9. The van der Waals surface area contributed by atoms with E-state index in [-0.39, 0.29) is 5.91 Å². The molecule has 6 nitrogen and oxygen atoms in total. The molecule has 0 saturated carbocycles. The van der Waals surface area contributed by atoms with Gasteiger partial charge in [-0.3, -0.25) is 4.79 Å². The molecule has 38 heavy (non-hydrogen) atoms. The van der Waals surface area contributed by atoms with Crippen molar-refractivity contribution in [1.29, 1.82) is 0 Å². The minimum atomic E-state index is -0.108. The van der Waals surface area contributed by atoms with Crippen molar-refractivity contribution in [3.05, 3.63) is 102 Å². The Morgan fingerprint density at radius 2 is 1.63 bits per heavy atom. The van der Waals surface area contributed by atoms with Crippen molar-refractivity contribution in [1.82, 2.24) is 14.9 Å². The van der Waals surface area contributed by atoms with Crippen molar-refractivity contribution in [3.8, 4) is 11.5 Å². The first kappa shape index (κ1) is 25.3. The van der Waals surface area contributed by atoms with Crippen LogP contribution in [0.25, 0.3) is 21.8 Å². The predicted octanol–water partition coefficient (Wildman–Crippen LogP) is 6.40. The fourth-order valence-corrected chi connectivity index (χ4v) is 4.96. The molecule has 0 saturated heterocycles. The molecule has 6 heteroatoms. The van der Waals surface area contributed by atoms with Crippen LogP contribution in [0.5, 0.6) is 11.5 Å². The van der Waals surface area contributed by atoms with E-state index in [1.807, 2.05) is 6.07 Å². The highest BCUT2D eigenvalue weighted by Crippen LogP contribution is 2.27. The quantitative estimate of drug-likeness (QED) is 0.210. The lowest BCUT2D eigenvalue weighted by Gasteiger charge is -2.12. The first-order valence-electron chi connectivity index (χ1n) is 13.1. The number of para-hydroxylation sites is 2. The van der Waals surface area contributed by atoms with Gasteiger partial charge in [-0.2, -0.15) is 0 Å². The SMILES string of the molecule is COc1ccc(C(=O)NCCCCCc2nc3ccccc3n2Cc2cccc3ccccc23)cc1OC. The molecule has 0 spiro atoms. The molecule has 0 bridgehead atoms. The van der Waals surface area contributed by atoms with E-state index in [0.717, 1.165) is 49.1 Å². The van der Waals surface area contributed by atoms with Gasteiger partial charge >= 0.3 is 0 Å². The number of carbonyl (C=O) groups is 1. The lowest BCUT2D eigenvalue weighted by atomic mass is 10.0. The van der Waals surface area contributed by atoms with Gasteiger partial charge in [0.2, 0.25) is 0 Å². The van der Waals surface area contributed by atoms with Crippen molar-refractivity contribution in [2.75, 3.05) is 20.8 Å². The molecular weight excluding hydrogens is 474 g/mol. The monoisotopic (exact) mass is 507 g/mol. The maximum absolute atomic E-state index is 12.6. The van der Waals surface area contributed by atoms with Crippen molar-refractivity contribution in [2.45, 2.75) is 32.2 Å². The first-order valence-corrected chi connectivity index (χ1v) is 13.1. The Morgan fingerprint density at radius 1 is 0.842 bits per heavy atom. The van der Waals surface area contributed by atoms with Gasteiger partial charge < -0.3 is 19.4 Å². The molecule has 1 N–H and O–H groups in total. The van der Waals surface area contributed by atoms with Gasteiger partial charge in [-0.1, -0.05) is 61.0 Å². The second kappa shape index (κ2) is 11.8. The molecule has 4 aromatic carbocycles. The van der Waals surface area contributed by atoms with Gasteiger partial charge in [-0.25, -0.2) is 4.98 Å². The van der Waals surface area contributed by atoms with Crippen LogP contribution in [0.1, 0.15) is 41.0 Å². The standard InChI is InChI=1S/C32H33N3O3/c1-37-29-19-18-24(21-30(29)38-2)32(36)33-20-9-3-4-17-31-34-27-15-7-8-16-28(27)35(31)22-25-13-10-12-23-11-5-6-14-26(23)25/h5-8,10-16,18-19,21H,3-4,9,17,20,22H2,1-2H3,(H,33,36). The predicted molar refractivity (Wildman–Crippen MR) is 152 cm³/mol. The molecule has 0 fully saturated rings. The summed E-state index contributed by atoms with van der Waals surface area (Å²) in [7, 11) is 3.14. The number of unbranched alkanes of at least 4 members (excludes halogenated alkanes) is 2. The van der Waals surface area contributed by atoms with Crippen LogP contribution >= 0.6 is 0 Å². The number of rotatable bonds is 11. The molecule has 0 aliphatic carbocycles. The molecule has 0 aliphatic heterocycles. The highest BCUT2D eigenvalue weighted by Gasteiger charge is 2.13. The summed E-state index contributed by atoms with van der Waals surface area (Å²) in [4.78, 5) is 17.5. The number of nitrogens with one attached hydrogen (secondary N) is 1. The van der Waals surface area contributed by atoms with Crippen LogP contribution < -0.4 is 14.8 Å². The summed E-state index contributed by atoms with van der Waals surface area (Å²) in [6.45, 7) is 1.41. The maximum Gasteiger partial charge on any atom is 0.251 e. The number of amides is 1. The van der Waals surface area contributed by atoms with Gasteiger partial charge in [-0.05, 0) is 59.5 Å². The average Bonchev–Trinajstić information content (AvgIpc) is 3.31. The zero-order chi connectivity index (χ0) is 26.3. The number of benzene rings is 4.